The Balaban J connectivity index is 1.66. The lowest BCUT2D eigenvalue weighted by Gasteiger charge is -2.30. The van der Waals surface area contributed by atoms with E-state index in [1.54, 1.807) is 0 Å². The summed E-state index contributed by atoms with van der Waals surface area (Å²) in [6.45, 7) is 11.4. The number of ether oxygens (including phenoxy) is 2. The molecular formula is C23H34N6O2. The van der Waals surface area contributed by atoms with Gasteiger partial charge in [0.1, 0.15) is 0 Å². The van der Waals surface area contributed by atoms with Crippen LogP contribution in [0.25, 0.3) is 5.57 Å². The number of likely N-dealkylation sites (N-methyl/N-ethyl adjacent to an activating group) is 1. The van der Waals surface area contributed by atoms with Gasteiger partial charge in [0.15, 0.2) is 5.82 Å². The van der Waals surface area contributed by atoms with Crippen molar-refractivity contribution in [3.8, 4) is 0 Å². The normalized spacial score (nSPS) is 20.4. The lowest BCUT2D eigenvalue weighted by molar-refractivity contribution is 0.121. The van der Waals surface area contributed by atoms with Gasteiger partial charge < -0.3 is 24.2 Å². The first kappa shape index (κ1) is 21.8. The maximum absolute atomic E-state index is 5.53. The Morgan fingerprint density at radius 1 is 0.903 bits per heavy atom. The summed E-state index contributed by atoms with van der Waals surface area (Å²) in [6.07, 6.45) is 8.39. The quantitative estimate of drug-likeness (QED) is 0.712. The van der Waals surface area contributed by atoms with Gasteiger partial charge >= 0.3 is 0 Å². The third kappa shape index (κ3) is 5.25. The van der Waals surface area contributed by atoms with Gasteiger partial charge in [-0.25, -0.2) is 0 Å². The Labute approximate surface area is 185 Å². The van der Waals surface area contributed by atoms with E-state index in [1.165, 1.54) is 11.3 Å². The third-order valence-electron chi connectivity index (χ3n) is 6.13. The second-order valence-electron chi connectivity index (χ2n) is 8.19. The third-order valence-corrected chi connectivity index (χ3v) is 6.13. The largest absolute Gasteiger partial charge is 0.378 e. The molecule has 0 aromatic carbocycles. The smallest absolute Gasteiger partial charge is 0.230 e. The molecule has 168 valence electrons. The van der Waals surface area contributed by atoms with Crippen LogP contribution < -0.4 is 9.80 Å². The molecule has 0 N–H and O–H groups in total. The molecule has 3 aliphatic rings. The van der Waals surface area contributed by atoms with Crippen LogP contribution in [0.1, 0.15) is 32.5 Å². The van der Waals surface area contributed by atoms with Crippen molar-refractivity contribution in [1.82, 2.24) is 19.9 Å². The van der Waals surface area contributed by atoms with Gasteiger partial charge in [0.25, 0.3) is 0 Å². The van der Waals surface area contributed by atoms with E-state index in [1.807, 2.05) is 0 Å². The fraction of sp³-hybridized carbons (Fsp3) is 0.609. The highest BCUT2D eigenvalue weighted by atomic mass is 16.5. The van der Waals surface area contributed by atoms with Crippen molar-refractivity contribution >= 4 is 17.5 Å². The van der Waals surface area contributed by atoms with Gasteiger partial charge in [0.05, 0.1) is 26.4 Å². The highest BCUT2D eigenvalue weighted by Crippen LogP contribution is 2.27. The van der Waals surface area contributed by atoms with E-state index < -0.39 is 0 Å². The van der Waals surface area contributed by atoms with E-state index in [-0.39, 0.29) is 0 Å². The minimum absolute atomic E-state index is 0.705. The average Bonchev–Trinajstić information content (AvgIpc) is 2.82. The predicted molar refractivity (Wildman–Crippen MR) is 123 cm³/mol. The number of allylic oxidation sites excluding steroid dienone is 5. The highest BCUT2D eigenvalue weighted by Gasteiger charge is 2.22. The monoisotopic (exact) mass is 426 g/mol. The van der Waals surface area contributed by atoms with Crippen LogP contribution in [-0.4, -0.2) is 86.1 Å². The second kappa shape index (κ2) is 10.2. The number of rotatable bonds is 5. The number of morpholine rings is 2. The second-order valence-corrected chi connectivity index (χ2v) is 8.19. The minimum atomic E-state index is 0.705. The number of hydrogen-bond donors (Lipinski definition) is 0. The summed E-state index contributed by atoms with van der Waals surface area (Å²) in [4.78, 5) is 21.3. The first-order valence-electron chi connectivity index (χ1n) is 11.4. The molecule has 4 rings (SSSR count). The molecule has 0 saturated carbocycles. The molecule has 1 aromatic heterocycles. The Hall–Kier alpha value is -2.45. The molecule has 31 heavy (non-hydrogen) atoms. The van der Waals surface area contributed by atoms with Crippen molar-refractivity contribution < 1.29 is 9.47 Å². The molecule has 2 aliphatic heterocycles. The SMILES string of the molecule is CCN(C)C1=C(C)CCC(c2nc(N3CCOCC3)nc(N3CCOCC3)n2)=CC=C1. The maximum atomic E-state index is 5.53. The van der Waals surface area contributed by atoms with E-state index in [0.717, 1.165) is 68.9 Å². The summed E-state index contributed by atoms with van der Waals surface area (Å²) in [5.41, 5.74) is 3.85. The van der Waals surface area contributed by atoms with Crippen molar-refractivity contribution in [1.29, 1.82) is 0 Å². The Morgan fingerprint density at radius 2 is 1.48 bits per heavy atom. The van der Waals surface area contributed by atoms with Crippen molar-refractivity contribution in [3.05, 3.63) is 35.3 Å². The highest BCUT2D eigenvalue weighted by molar-refractivity contribution is 5.64. The molecule has 2 fully saturated rings. The van der Waals surface area contributed by atoms with Gasteiger partial charge in [0, 0.05) is 45.5 Å². The van der Waals surface area contributed by atoms with Crippen LogP contribution in [0.5, 0.6) is 0 Å². The maximum Gasteiger partial charge on any atom is 0.230 e. The first-order valence-corrected chi connectivity index (χ1v) is 11.4. The molecule has 0 atom stereocenters. The fourth-order valence-electron chi connectivity index (χ4n) is 4.05. The molecule has 8 nitrogen and oxygen atoms in total. The van der Waals surface area contributed by atoms with Crippen molar-refractivity contribution in [3.63, 3.8) is 0 Å². The van der Waals surface area contributed by atoms with Crippen LogP contribution in [0.2, 0.25) is 0 Å². The molecule has 0 radical (unpaired) electrons. The molecular weight excluding hydrogens is 392 g/mol. The van der Waals surface area contributed by atoms with E-state index in [4.69, 9.17) is 24.4 Å². The zero-order valence-electron chi connectivity index (χ0n) is 19.0. The topological polar surface area (TPSA) is 66.9 Å². The molecule has 0 amide bonds. The van der Waals surface area contributed by atoms with Crippen molar-refractivity contribution in [2.45, 2.75) is 26.7 Å². The Kier molecular flexibility index (Phi) is 7.19. The first-order chi connectivity index (χ1) is 15.2. The predicted octanol–water partition coefficient (Wildman–Crippen LogP) is 2.50. The summed E-state index contributed by atoms with van der Waals surface area (Å²) in [5, 5.41) is 0. The van der Waals surface area contributed by atoms with Gasteiger partial charge in [-0.2, -0.15) is 15.0 Å². The standard InChI is InChI=1S/C23H34N6O2/c1-4-27(3)20-7-5-6-19(9-8-18(20)2)21-24-22(28-10-14-30-15-11-28)26-23(25-21)29-12-16-31-17-13-29/h5-7H,4,8-17H2,1-3H3. The fourth-order valence-corrected chi connectivity index (χ4v) is 4.05. The number of aromatic nitrogens is 3. The zero-order chi connectivity index (χ0) is 21.6. The van der Waals surface area contributed by atoms with Gasteiger partial charge in [0.2, 0.25) is 11.9 Å². The summed E-state index contributed by atoms with van der Waals surface area (Å²) < 4.78 is 11.1. The van der Waals surface area contributed by atoms with Crippen LogP contribution in [-0.2, 0) is 9.47 Å². The van der Waals surface area contributed by atoms with Crippen molar-refractivity contribution in [2.24, 2.45) is 0 Å². The van der Waals surface area contributed by atoms with Crippen molar-refractivity contribution in [2.75, 3.05) is 76.0 Å². The van der Waals surface area contributed by atoms with E-state index in [0.29, 0.717) is 26.4 Å². The molecule has 0 unspecified atom stereocenters. The Morgan fingerprint density at radius 3 is 2.03 bits per heavy atom. The summed E-state index contributed by atoms with van der Waals surface area (Å²) in [5.74, 6) is 2.28. The molecule has 2 saturated heterocycles. The summed E-state index contributed by atoms with van der Waals surface area (Å²) in [6, 6.07) is 0. The summed E-state index contributed by atoms with van der Waals surface area (Å²) in [7, 11) is 2.14. The molecule has 0 spiro atoms. The lowest BCUT2D eigenvalue weighted by Crippen LogP contribution is -2.40. The number of anilines is 2. The lowest BCUT2D eigenvalue weighted by atomic mass is 10.00. The van der Waals surface area contributed by atoms with Crippen LogP contribution in [0.15, 0.2) is 29.5 Å². The van der Waals surface area contributed by atoms with Gasteiger partial charge in [-0.1, -0.05) is 12.2 Å². The Bertz CT molecular complexity index is 817. The summed E-state index contributed by atoms with van der Waals surface area (Å²) >= 11 is 0. The van der Waals surface area contributed by atoms with E-state index in [9.17, 15) is 0 Å². The zero-order valence-corrected chi connectivity index (χ0v) is 19.0. The van der Waals surface area contributed by atoms with Gasteiger partial charge in [-0.3, -0.25) is 0 Å². The van der Waals surface area contributed by atoms with Gasteiger partial charge in [-0.15, -0.1) is 0 Å². The molecule has 3 heterocycles. The van der Waals surface area contributed by atoms with Crippen LogP contribution in [0.4, 0.5) is 11.9 Å². The van der Waals surface area contributed by atoms with Crippen LogP contribution in [0, 0.1) is 0 Å². The van der Waals surface area contributed by atoms with Crippen LogP contribution in [0.3, 0.4) is 0 Å². The molecule has 0 bridgehead atoms. The van der Waals surface area contributed by atoms with Gasteiger partial charge in [-0.05, 0) is 43.9 Å². The average molecular weight is 427 g/mol. The van der Waals surface area contributed by atoms with Crippen LogP contribution >= 0.6 is 0 Å². The number of hydrogen-bond acceptors (Lipinski definition) is 8. The number of nitrogens with zero attached hydrogens (tertiary/aromatic N) is 6. The van der Waals surface area contributed by atoms with E-state index in [2.05, 4.69) is 53.8 Å². The minimum Gasteiger partial charge on any atom is -0.378 e. The molecule has 8 heteroatoms. The molecule has 1 aromatic rings. The molecule has 1 aliphatic carbocycles. The van der Waals surface area contributed by atoms with E-state index >= 15 is 0 Å².